The lowest BCUT2D eigenvalue weighted by molar-refractivity contribution is -0.135. The lowest BCUT2D eigenvalue weighted by Gasteiger charge is -2.29. The van der Waals surface area contributed by atoms with Crippen LogP contribution in [0, 0.1) is 17.8 Å². The molecule has 0 N–H and O–H groups in total. The summed E-state index contributed by atoms with van der Waals surface area (Å²) in [6.07, 6.45) is 5.37. The molecule has 1 amide bonds. The zero-order valence-electron chi connectivity index (χ0n) is 11.4. The van der Waals surface area contributed by atoms with Crippen LogP contribution in [0.3, 0.4) is 0 Å². The fraction of sp³-hybridized carbons (Fsp3) is 0.929. The van der Waals surface area contributed by atoms with Crippen LogP contribution in [-0.2, 0) is 4.79 Å². The molecular weight excluding hydrogens is 209 g/mol. The van der Waals surface area contributed by atoms with Gasteiger partial charge < -0.3 is 4.90 Å². The lowest BCUT2D eigenvalue weighted by atomic mass is 9.63. The van der Waals surface area contributed by atoms with Gasteiger partial charge in [0.2, 0.25) is 5.91 Å². The first-order valence-corrected chi connectivity index (χ1v) is 6.93. The number of amides is 1. The number of fused-ring (bicyclic) bond motifs is 1. The summed E-state index contributed by atoms with van der Waals surface area (Å²) in [5.74, 6) is 1.69. The van der Waals surface area contributed by atoms with Crippen molar-refractivity contribution in [1.82, 2.24) is 4.90 Å². The van der Waals surface area contributed by atoms with Crippen molar-refractivity contribution in [3.05, 3.63) is 0 Å². The average Bonchev–Trinajstić information content (AvgIpc) is 2.39. The Labute approximate surface area is 107 Å². The summed E-state index contributed by atoms with van der Waals surface area (Å²) in [5, 5.41) is -0.0671. The zero-order chi connectivity index (χ0) is 12.6. The highest BCUT2D eigenvalue weighted by Crippen LogP contribution is 2.46. The Balaban J connectivity index is 2.21. The maximum Gasteiger partial charge on any atom is 0.225 e. The predicted octanol–water partition coefficient (Wildman–Crippen LogP) is 2.64. The van der Waals surface area contributed by atoms with Gasteiger partial charge in [0.15, 0.2) is 0 Å². The molecule has 2 nitrogen and oxygen atoms in total. The molecule has 2 fully saturated rings. The molecule has 0 aromatic rings. The Morgan fingerprint density at radius 3 is 2.88 bits per heavy atom. The second kappa shape index (κ2) is 4.66. The first-order valence-electron chi connectivity index (χ1n) is 6.93. The minimum atomic E-state index is -0.0671. The van der Waals surface area contributed by atoms with E-state index in [1.165, 1.54) is 0 Å². The van der Waals surface area contributed by atoms with E-state index in [0.29, 0.717) is 17.7 Å². The van der Waals surface area contributed by atoms with Gasteiger partial charge in [-0.1, -0.05) is 38.4 Å². The average molecular weight is 233 g/mol. The third-order valence-corrected chi connectivity index (χ3v) is 4.54. The summed E-state index contributed by atoms with van der Waals surface area (Å²) in [7, 11) is 8.29. The van der Waals surface area contributed by atoms with Gasteiger partial charge in [-0.05, 0) is 24.7 Å². The Morgan fingerprint density at radius 2 is 2.18 bits per heavy atom. The molecule has 4 unspecified atom stereocenters. The Kier molecular flexibility index (Phi) is 3.56. The van der Waals surface area contributed by atoms with Crippen LogP contribution >= 0.6 is 0 Å². The number of carbonyl (C=O) groups is 1. The molecule has 4 atom stereocenters. The molecule has 2 rings (SSSR count). The van der Waals surface area contributed by atoms with Crippen molar-refractivity contribution in [3.8, 4) is 0 Å². The minimum Gasteiger partial charge on any atom is -0.345 e. The number of hydrogen-bond acceptors (Lipinski definition) is 1. The maximum atomic E-state index is 12.4. The molecule has 0 bridgehead atoms. The number of carbonyl (C=O) groups excluding carboxylic acids is 1. The standard InChI is InChI=1S/C14H24BNO/c1-10-7-11-8-14(2,15)6-4-5-12(11)13(17)16(3)9-10/h10-12H,4-9H2,1-3H3. The van der Waals surface area contributed by atoms with Crippen molar-refractivity contribution in [2.24, 2.45) is 17.8 Å². The smallest absolute Gasteiger partial charge is 0.225 e. The zero-order valence-corrected chi connectivity index (χ0v) is 11.4. The molecular formula is C14H24BNO. The molecule has 3 heteroatoms. The van der Waals surface area contributed by atoms with Gasteiger partial charge in [-0.25, -0.2) is 0 Å². The molecule has 2 radical (unpaired) electrons. The number of hydrogen-bond donors (Lipinski definition) is 0. The topological polar surface area (TPSA) is 20.3 Å². The summed E-state index contributed by atoms with van der Waals surface area (Å²) in [6.45, 7) is 5.32. The SMILES string of the molecule is [B]C1(C)CCCC2C(=O)N(C)CC(C)CC2C1. The molecule has 0 aromatic carbocycles. The van der Waals surface area contributed by atoms with Crippen LogP contribution in [0.2, 0.25) is 5.31 Å². The van der Waals surface area contributed by atoms with Gasteiger partial charge in [0.1, 0.15) is 0 Å². The molecule has 17 heavy (non-hydrogen) atoms. The van der Waals surface area contributed by atoms with Crippen LogP contribution in [0.5, 0.6) is 0 Å². The molecule has 0 aromatic heterocycles. The van der Waals surface area contributed by atoms with Gasteiger partial charge in [0, 0.05) is 19.5 Å². The molecule has 1 aliphatic heterocycles. The van der Waals surface area contributed by atoms with Crippen LogP contribution in [0.15, 0.2) is 0 Å². The minimum absolute atomic E-state index is 0.0671. The van der Waals surface area contributed by atoms with Crippen LogP contribution in [0.25, 0.3) is 0 Å². The first kappa shape index (κ1) is 13.0. The monoisotopic (exact) mass is 233 g/mol. The first-order chi connectivity index (χ1) is 7.89. The van der Waals surface area contributed by atoms with Gasteiger partial charge >= 0.3 is 0 Å². The van der Waals surface area contributed by atoms with Crippen LogP contribution < -0.4 is 0 Å². The number of nitrogens with zero attached hydrogens (tertiary/aromatic N) is 1. The van der Waals surface area contributed by atoms with Crippen LogP contribution in [0.1, 0.15) is 46.0 Å². The highest BCUT2D eigenvalue weighted by molar-refractivity contribution is 6.14. The van der Waals surface area contributed by atoms with E-state index in [0.717, 1.165) is 38.6 Å². The Hall–Kier alpha value is -0.465. The largest absolute Gasteiger partial charge is 0.345 e. The summed E-state index contributed by atoms with van der Waals surface area (Å²) in [5.41, 5.74) is 0. The van der Waals surface area contributed by atoms with E-state index in [4.69, 9.17) is 7.85 Å². The summed E-state index contributed by atoms with van der Waals surface area (Å²) in [4.78, 5) is 14.3. The predicted molar refractivity (Wildman–Crippen MR) is 71.0 cm³/mol. The molecule has 1 heterocycles. The molecule has 94 valence electrons. The molecule has 0 spiro atoms. The van der Waals surface area contributed by atoms with Crippen molar-refractivity contribution < 1.29 is 4.79 Å². The second-order valence-corrected chi connectivity index (χ2v) is 6.68. The van der Waals surface area contributed by atoms with E-state index >= 15 is 0 Å². The lowest BCUT2D eigenvalue weighted by Crippen LogP contribution is -2.34. The van der Waals surface area contributed by atoms with Crippen molar-refractivity contribution >= 4 is 13.8 Å². The van der Waals surface area contributed by atoms with Gasteiger partial charge in [-0.15, -0.1) is 0 Å². The van der Waals surface area contributed by atoms with E-state index < -0.39 is 0 Å². The summed E-state index contributed by atoms with van der Waals surface area (Å²) < 4.78 is 0. The number of rotatable bonds is 0. The fourth-order valence-electron chi connectivity index (χ4n) is 3.81. The van der Waals surface area contributed by atoms with Gasteiger partial charge in [0.25, 0.3) is 0 Å². The van der Waals surface area contributed by atoms with E-state index in [1.54, 1.807) is 0 Å². The molecule has 1 saturated heterocycles. The highest BCUT2D eigenvalue weighted by atomic mass is 16.2. The van der Waals surface area contributed by atoms with Gasteiger partial charge in [-0.2, -0.15) is 0 Å². The van der Waals surface area contributed by atoms with E-state index in [2.05, 4.69) is 13.8 Å². The molecule has 1 saturated carbocycles. The second-order valence-electron chi connectivity index (χ2n) is 6.68. The summed E-state index contributed by atoms with van der Waals surface area (Å²) >= 11 is 0. The van der Waals surface area contributed by atoms with Gasteiger partial charge in [0.05, 0.1) is 7.85 Å². The van der Waals surface area contributed by atoms with Crippen molar-refractivity contribution in [1.29, 1.82) is 0 Å². The molecule has 2 aliphatic rings. The van der Waals surface area contributed by atoms with Crippen molar-refractivity contribution in [2.75, 3.05) is 13.6 Å². The van der Waals surface area contributed by atoms with E-state index in [-0.39, 0.29) is 11.2 Å². The third-order valence-electron chi connectivity index (χ3n) is 4.54. The number of likely N-dealkylation sites (tertiary alicyclic amines) is 1. The Morgan fingerprint density at radius 1 is 1.47 bits per heavy atom. The van der Waals surface area contributed by atoms with Crippen molar-refractivity contribution in [3.63, 3.8) is 0 Å². The highest BCUT2D eigenvalue weighted by Gasteiger charge is 2.39. The Bertz CT molecular complexity index is 303. The summed E-state index contributed by atoms with van der Waals surface area (Å²) in [6, 6.07) is 0. The fourth-order valence-corrected chi connectivity index (χ4v) is 3.81. The van der Waals surface area contributed by atoms with Gasteiger partial charge in [-0.3, -0.25) is 4.79 Å². The third kappa shape index (κ3) is 2.86. The normalized spacial score (nSPS) is 43.8. The molecule has 1 aliphatic carbocycles. The van der Waals surface area contributed by atoms with Crippen LogP contribution in [-0.4, -0.2) is 32.2 Å². The maximum absolute atomic E-state index is 12.4. The van der Waals surface area contributed by atoms with E-state index in [1.807, 2.05) is 11.9 Å². The van der Waals surface area contributed by atoms with E-state index in [9.17, 15) is 4.79 Å². The quantitative estimate of drug-likeness (QED) is 0.589. The van der Waals surface area contributed by atoms with Crippen molar-refractivity contribution in [2.45, 2.75) is 51.3 Å². The van der Waals surface area contributed by atoms with Crippen LogP contribution in [0.4, 0.5) is 0 Å².